The normalized spacial score (nSPS) is 11.7. The Kier molecular flexibility index (Phi) is 5.01. The van der Waals surface area contributed by atoms with E-state index >= 15 is 0 Å². The molecule has 1 heterocycles. The molecule has 5 heteroatoms. The molecule has 4 nitrogen and oxygen atoms in total. The molecule has 1 aromatic carbocycles. The number of methoxy groups -OCH3 is 1. The van der Waals surface area contributed by atoms with Gasteiger partial charge in [0.05, 0.1) is 24.2 Å². The zero-order chi connectivity index (χ0) is 14.4. The van der Waals surface area contributed by atoms with Gasteiger partial charge < -0.3 is 10.1 Å². The molecule has 2 rings (SSSR count). The van der Waals surface area contributed by atoms with Crippen LogP contribution in [-0.2, 0) is 4.79 Å². The van der Waals surface area contributed by atoms with Crippen molar-refractivity contribution in [1.82, 2.24) is 4.98 Å². The summed E-state index contributed by atoms with van der Waals surface area (Å²) in [6.07, 6.45) is 3.30. The maximum atomic E-state index is 12.1. The predicted molar refractivity (Wildman–Crippen MR) is 81.2 cm³/mol. The highest BCUT2D eigenvalue weighted by Gasteiger charge is 2.14. The highest BCUT2D eigenvalue weighted by atomic mass is 32.2. The molecule has 104 valence electrons. The van der Waals surface area contributed by atoms with Gasteiger partial charge in [0.2, 0.25) is 5.91 Å². The van der Waals surface area contributed by atoms with Crippen molar-refractivity contribution in [1.29, 1.82) is 0 Å². The summed E-state index contributed by atoms with van der Waals surface area (Å²) in [5.41, 5.74) is 0.708. The van der Waals surface area contributed by atoms with Crippen LogP contribution in [0.15, 0.2) is 53.7 Å². The Balaban J connectivity index is 1.93. The van der Waals surface area contributed by atoms with Gasteiger partial charge in [0.1, 0.15) is 5.75 Å². The fourth-order valence-electron chi connectivity index (χ4n) is 1.59. The molecule has 0 saturated heterocycles. The van der Waals surface area contributed by atoms with Crippen LogP contribution >= 0.6 is 11.8 Å². The molecular formula is C15H16N2O2S. The molecule has 0 bridgehead atoms. The van der Waals surface area contributed by atoms with Gasteiger partial charge >= 0.3 is 0 Å². The van der Waals surface area contributed by atoms with Crippen LogP contribution in [0.2, 0.25) is 0 Å². The van der Waals surface area contributed by atoms with Crippen LogP contribution in [-0.4, -0.2) is 23.3 Å². The first-order chi connectivity index (χ1) is 9.69. The summed E-state index contributed by atoms with van der Waals surface area (Å²) < 4.78 is 5.11. The maximum Gasteiger partial charge on any atom is 0.237 e. The standard InChI is InChI=1S/C15H16N2O2S/c1-11(15(18)17-12-4-3-9-16-10-12)20-14-7-5-13(19-2)6-8-14/h3-11H,1-2H3,(H,17,18)/t11-/m1/s1. The highest BCUT2D eigenvalue weighted by Crippen LogP contribution is 2.26. The van der Waals surface area contributed by atoms with E-state index in [1.54, 1.807) is 25.6 Å². The summed E-state index contributed by atoms with van der Waals surface area (Å²) >= 11 is 1.50. The molecule has 1 atom stereocenters. The van der Waals surface area contributed by atoms with E-state index in [0.717, 1.165) is 10.6 Å². The number of hydrogen-bond donors (Lipinski definition) is 1. The van der Waals surface area contributed by atoms with Crippen molar-refractivity contribution in [3.63, 3.8) is 0 Å². The van der Waals surface area contributed by atoms with E-state index < -0.39 is 0 Å². The summed E-state index contributed by atoms with van der Waals surface area (Å²) in [6, 6.07) is 11.3. The summed E-state index contributed by atoms with van der Waals surface area (Å²) in [7, 11) is 1.63. The zero-order valence-corrected chi connectivity index (χ0v) is 12.2. The molecule has 1 amide bonds. The second-order valence-corrected chi connectivity index (χ2v) is 5.58. The average molecular weight is 288 g/mol. The third-order valence-electron chi connectivity index (χ3n) is 2.67. The SMILES string of the molecule is COc1ccc(S[C@H](C)C(=O)Nc2cccnc2)cc1. The number of anilines is 1. The Labute approximate surface area is 122 Å². The number of hydrogen-bond acceptors (Lipinski definition) is 4. The van der Waals surface area contributed by atoms with Gasteiger partial charge in [-0.3, -0.25) is 9.78 Å². The number of benzene rings is 1. The Morgan fingerprint density at radius 1 is 1.30 bits per heavy atom. The van der Waals surface area contributed by atoms with E-state index in [4.69, 9.17) is 4.74 Å². The number of thioether (sulfide) groups is 1. The summed E-state index contributed by atoms with van der Waals surface area (Å²) in [5.74, 6) is 0.764. The number of ether oxygens (including phenoxy) is 1. The number of nitrogens with zero attached hydrogens (tertiary/aromatic N) is 1. The van der Waals surface area contributed by atoms with Gasteiger partial charge in [-0.05, 0) is 43.3 Å². The van der Waals surface area contributed by atoms with Crippen LogP contribution in [0.5, 0.6) is 5.75 Å². The third-order valence-corrected chi connectivity index (χ3v) is 3.78. The molecule has 0 radical (unpaired) electrons. The van der Waals surface area contributed by atoms with Crippen molar-refractivity contribution >= 4 is 23.4 Å². The van der Waals surface area contributed by atoms with E-state index in [1.165, 1.54) is 11.8 Å². The van der Waals surface area contributed by atoms with Crippen LogP contribution in [0.4, 0.5) is 5.69 Å². The van der Waals surface area contributed by atoms with Crippen LogP contribution in [0.1, 0.15) is 6.92 Å². The lowest BCUT2D eigenvalue weighted by Gasteiger charge is -2.12. The molecule has 0 aliphatic carbocycles. The first-order valence-corrected chi connectivity index (χ1v) is 7.08. The lowest BCUT2D eigenvalue weighted by Crippen LogP contribution is -2.22. The highest BCUT2D eigenvalue weighted by molar-refractivity contribution is 8.00. The van der Waals surface area contributed by atoms with Gasteiger partial charge in [0.25, 0.3) is 0 Å². The van der Waals surface area contributed by atoms with E-state index in [9.17, 15) is 4.79 Å². The lowest BCUT2D eigenvalue weighted by molar-refractivity contribution is -0.115. The van der Waals surface area contributed by atoms with Crippen molar-refractivity contribution < 1.29 is 9.53 Å². The molecule has 0 unspecified atom stereocenters. The Morgan fingerprint density at radius 2 is 2.05 bits per heavy atom. The van der Waals surface area contributed by atoms with Crippen molar-refractivity contribution in [2.75, 3.05) is 12.4 Å². The first kappa shape index (κ1) is 14.4. The van der Waals surface area contributed by atoms with E-state index in [2.05, 4.69) is 10.3 Å². The Morgan fingerprint density at radius 3 is 2.65 bits per heavy atom. The topological polar surface area (TPSA) is 51.2 Å². The number of nitrogens with one attached hydrogen (secondary N) is 1. The molecule has 0 fully saturated rings. The van der Waals surface area contributed by atoms with Gasteiger partial charge in [-0.2, -0.15) is 0 Å². The summed E-state index contributed by atoms with van der Waals surface area (Å²) in [5, 5.41) is 2.65. The van der Waals surface area contributed by atoms with Gasteiger partial charge in [0, 0.05) is 11.1 Å². The first-order valence-electron chi connectivity index (χ1n) is 6.20. The fraction of sp³-hybridized carbons (Fsp3) is 0.200. The smallest absolute Gasteiger partial charge is 0.237 e. The van der Waals surface area contributed by atoms with Crippen LogP contribution in [0.3, 0.4) is 0 Å². The fourth-order valence-corrected chi connectivity index (χ4v) is 2.46. The molecule has 0 saturated carbocycles. The Bertz CT molecular complexity index is 558. The van der Waals surface area contributed by atoms with Crippen molar-refractivity contribution in [3.8, 4) is 5.75 Å². The van der Waals surface area contributed by atoms with E-state index in [1.807, 2.05) is 37.3 Å². The van der Waals surface area contributed by atoms with Gasteiger partial charge in [-0.25, -0.2) is 0 Å². The van der Waals surface area contributed by atoms with Gasteiger partial charge in [-0.15, -0.1) is 11.8 Å². The summed E-state index contributed by atoms with van der Waals surface area (Å²) in [4.78, 5) is 17.0. The van der Waals surface area contributed by atoms with E-state index in [0.29, 0.717) is 5.69 Å². The van der Waals surface area contributed by atoms with Crippen molar-refractivity contribution in [2.24, 2.45) is 0 Å². The van der Waals surface area contributed by atoms with Gasteiger partial charge in [-0.1, -0.05) is 0 Å². The van der Waals surface area contributed by atoms with Gasteiger partial charge in [0.15, 0.2) is 0 Å². The number of amides is 1. The zero-order valence-electron chi connectivity index (χ0n) is 11.4. The van der Waals surface area contributed by atoms with E-state index in [-0.39, 0.29) is 11.2 Å². The molecule has 0 aliphatic rings. The average Bonchev–Trinajstić information content (AvgIpc) is 2.49. The minimum absolute atomic E-state index is 0.0428. The number of pyridine rings is 1. The number of rotatable bonds is 5. The second kappa shape index (κ2) is 6.96. The molecule has 1 N–H and O–H groups in total. The minimum Gasteiger partial charge on any atom is -0.497 e. The predicted octanol–water partition coefficient (Wildman–Crippen LogP) is 3.21. The third kappa shape index (κ3) is 3.99. The largest absolute Gasteiger partial charge is 0.497 e. The second-order valence-electron chi connectivity index (χ2n) is 4.17. The lowest BCUT2D eigenvalue weighted by atomic mass is 10.3. The maximum absolute atomic E-state index is 12.1. The van der Waals surface area contributed by atoms with Crippen molar-refractivity contribution in [3.05, 3.63) is 48.8 Å². The van der Waals surface area contributed by atoms with Crippen LogP contribution in [0.25, 0.3) is 0 Å². The Hall–Kier alpha value is -2.01. The molecule has 0 aliphatic heterocycles. The minimum atomic E-state index is -0.191. The van der Waals surface area contributed by atoms with Crippen molar-refractivity contribution in [2.45, 2.75) is 17.1 Å². The number of carbonyl (C=O) groups is 1. The molecule has 2 aromatic rings. The molecule has 0 spiro atoms. The molecule has 1 aromatic heterocycles. The molecular weight excluding hydrogens is 272 g/mol. The number of carbonyl (C=O) groups excluding carboxylic acids is 1. The van der Waals surface area contributed by atoms with Crippen LogP contribution < -0.4 is 10.1 Å². The monoisotopic (exact) mass is 288 g/mol. The molecule has 20 heavy (non-hydrogen) atoms. The number of aromatic nitrogens is 1. The quantitative estimate of drug-likeness (QED) is 0.858. The summed E-state index contributed by atoms with van der Waals surface area (Å²) in [6.45, 7) is 1.88. The van der Waals surface area contributed by atoms with Crippen LogP contribution in [0, 0.1) is 0 Å².